The van der Waals surface area contributed by atoms with E-state index >= 15 is 0 Å². The Bertz CT molecular complexity index is 577. The number of hydrogen-bond donors (Lipinski definition) is 3. The van der Waals surface area contributed by atoms with E-state index < -0.39 is 0 Å². The predicted molar refractivity (Wildman–Crippen MR) is 71.7 cm³/mol. The number of amides is 1. The van der Waals surface area contributed by atoms with Gasteiger partial charge in [-0.25, -0.2) is 0 Å². The molecule has 0 heterocycles. The molecule has 0 aliphatic rings. The molecule has 0 fully saturated rings. The van der Waals surface area contributed by atoms with Gasteiger partial charge in [0.25, 0.3) is 5.91 Å². The van der Waals surface area contributed by atoms with Gasteiger partial charge in [-0.2, -0.15) is 0 Å². The van der Waals surface area contributed by atoms with Gasteiger partial charge in [-0.05, 0) is 31.2 Å². The molecule has 0 saturated heterocycles. The van der Waals surface area contributed by atoms with Crippen LogP contribution in [0.4, 0.5) is 11.4 Å². The van der Waals surface area contributed by atoms with Gasteiger partial charge in [0.1, 0.15) is 5.75 Å². The van der Waals surface area contributed by atoms with Gasteiger partial charge in [-0.15, -0.1) is 0 Å². The molecule has 18 heavy (non-hydrogen) atoms. The van der Waals surface area contributed by atoms with Crippen molar-refractivity contribution in [3.8, 4) is 5.75 Å². The van der Waals surface area contributed by atoms with Crippen molar-refractivity contribution in [1.29, 1.82) is 0 Å². The molecule has 92 valence electrons. The predicted octanol–water partition coefficient (Wildman–Crippen LogP) is 2.54. The summed E-state index contributed by atoms with van der Waals surface area (Å²) in [7, 11) is 0. The highest BCUT2D eigenvalue weighted by molar-refractivity contribution is 6.08. The molecule has 0 aliphatic carbocycles. The number of anilines is 2. The van der Waals surface area contributed by atoms with Gasteiger partial charge >= 0.3 is 0 Å². The molecule has 0 atom stereocenters. The largest absolute Gasteiger partial charge is 0.506 e. The van der Waals surface area contributed by atoms with Crippen LogP contribution in [0.15, 0.2) is 42.5 Å². The summed E-state index contributed by atoms with van der Waals surface area (Å²) in [6, 6.07) is 12.0. The third-order valence-electron chi connectivity index (χ3n) is 2.64. The molecule has 0 unspecified atom stereocenters. The second-order valence-corrected chi connectivity index (χ2v) is 4.06. The minimum absolute atomic E-state index is 0.0853. The zero-order valence-electron chi connectivity index (χ0n) is 9.97. The van der Waals surface area contributed by atoms with Crippen molar-refractivity contribution in [3.05, 3.63) is 53.6 Å². The molecular weight excluding hydrogens is 228 g/mol. The third kappa shape index (κ3) is 2.43. The molecule has 2 aromatic carbocycles. The Kier molecular flexibility index (Phi) is 3.19. The fraction of sp³-hybridized carbons (Fsp3) is 0.0714. The van der Waals surface area contributed by atoms with E-state index in [2.05, 4.69) is 5.32 Å². The zero-order chi connectivity index (χ0) is 13.1. The summed E-state index contributed by atoms with van der Waals surface area (Å²) in [4.78, 5) is 12.0. The standard InChI is InChI=1S/C14H14N2O2/c1-9-5-7-10(8-6-9)16-14(18)11-3-2-4-12(17)13(11)15/h2-8,17H,15H2,1H3,(H,16,18). The first-order valence-electron chi connectivity index (χ1n) is 5.53. The quantitative estimate of drug-likeness (QED) is 0.559. The first kappa shape index (κ1) is 12.0. The van der Waals surface area contributed by atoms with Crippen LogP contribution in [0, 0.1) is 6.92 Å². The van der Waals surface area contributed by atoms with Crippen molar-refractivity contribution in [3.63, 3.8) is 0 Å². The van der Waals surface area contributed by atoms with E-state index in [4.69, 9.17) is 5.73 Å². The minimum Gasteiger partial charge on any atom is -0.506 e. The van der Waals surface area contributed by atoms with Crippen molar-refractivity contribution in [2.45, 2.75) is 6.92 Å². The van der Waals surface area contributed by atoms with E-state index in [1.54, 1.807) is 12.1 Å². The number of benzene rings is 2. The zero-order valence-corrected chi connectivity index (χ0v) is 9.97. The lowest BCUT2D eigenvalue weighted by Gasteiger charge is -2.08. The number of aryl methyl sites for hydroxylation is 1. The Labute approximate surface area is 105 Å². The second kappa shape index (κ2) is 4.79. The number of nitrogen functional groups attached to an aromatic ring is 1. The number of nitrogens with one attached hydrogen (secondary N) is 1. The molecule has 4 nitrogen and oxygen atoms in total. The molecule has 0 bridgehead atoms. The first-order chi connectivity index (χ1) is 8.58. The van der Waals surface area contributed by atoms with E-state index in [0.717, 1.165) is 5.56 Å². The number of hydrogen-bond acceptors (Lipinski definition) is 3. The number of phenolic OH excluding ortho intramolecular Hbond substituents is 1. The van der Waals surface area contributed by atoms with Crippen molar-refractivity contribution in [2.24, 2.45) is 0 Å². The summed E-state index contributed by atoms with van der Waals surface area (Å²) in [6.07, 6.45) is 0. The fourth-order valence-corrected chi connectivity index (χ4v) is 1.59. The Balaban J connectivity index is 2.22. The Morgan fingerprint density at radius 2 is 1.83 bits per heavy atom. The van der Waals surface area contributed by atoms with Crippen molar-refractivity contribution < 1.29 is 9.90 Å². The SMILES string of the molecule is Cc1ccc(NC(=O)c2cccc(O)c2N)cc1. The molecule has 0 aromatic heterocycles. The van der Waals surface area contributed by atoms with Gasteiger partial charge in [0, 0.05) is 5.69 Å². The van der Waals surface area contributed by atoms with Crippen molar-refractivity contribution in [1.82, 2.24) is 0 Å². The highest BCUT2D eigenvalue weighted by atomic mass is 16.3. The maximum atomic E-state index is 12.0. The number of rotatable bonds is 2. The molecule has 0 saturated carbocycles. The van der Waals surface area contributed by atoms with Crippen molar-refractivity contribution >= 4 is 17.3 Å². The number of phenols is 1. The van der Waals surface area contributed by atoms with E-state index in [9.17, 15) is 9.90 Å². The topological polar surface area (TPSA) is 75.3 Å². The summed E-state index contributed by atoms with van der Waals surface area (Å²) in [6.45, 7) is 1.97. The summed E-state index contributed by atoms with van der Waals surface area (Å²) < 4.78 is 0. The number of carbonyl (C=O) groups excluding carboxylic acids is 1. The maximum Gasteiger partial charge on any atom is 0.257 e. The van der Waals surface area contributed by atoms with Crippen LogP contribution in [-0.4, -0.2) is 11.0 Å². The van der Waals surface area contributed by atoms with Crippen LogP contribution in [0.5, 0.6) is 5.75 Å². The van der Waals surface area contributed by atoms with Crippen LogP contribution in [0.25, 0.3) is 0 Å². The molecule has 2 aromatic rings. The number of nitrogens with two attached hydrogens (primary N) is 1. The number of carbonyl (C=O) groups is 1. The summed E-state index contributed by atoms with van der Waals surface area (Å²) in [5.41, 5.74) is 7.80. The average molecular weight is 242 g/mol. The molecule has 4 N–H and O–H groups in total. The summed E-state index contributed by atoms with van der Waals surface area (Å²) in [5, 5.41) is 12.2. The lowest BCUT2D eigenvalue weighted by molar-refractivity contribution is 0.102. The van der Waals surface area contributed by atoms with E-state index in [1.165, 1.54) is 6.07 Å². The van der Waals surface area contributed by atoms with Gasteiger partial charge in [-0.1, -0.05) is 23.8 Å². The summed E-state index contributed by atoms with van der Waals surface area (Å²) in [5.74, 6) is -0.432. The number of para-hydroxylation sites is 1. The lowest BCUT2D eigenvalue weighted by atomic mass is 10.1. The highest BCUT2D eigenvalue weighted by Gasteiger charge is 2.12. The van der Waals surface area contributed by atoms with Gasteiger partial charge in [-0.3, -0.25) is 4.79 Å². The lowest BCUT2D eigenvalue weighted by Crippen LogP contribution is -2.13. The Morgan fingerprint density at radius 3 is 2.50 bits per heavy atom. The normalized spacial score (nSPS) is 10.1. The monoisotopic (exact) mass is 242 g/mol. The van der Waals surface area contributed by atoms with Crippen LogP contribution >= 0.6 is 0 Å². The third-order valence-corrected chi connectivity index (χ3v) is 2.64. The van der Waals surface area contributed by atoms with Crippen LogP contribution < -0.4 is 11.1 Å². The van der Waals surface area contributed by atoms with Crippen molar-refractivity contribution in [2.75, 3.05) is 11.1 Å². The van der Waals surface area contributed by atoms with Gasteiger partial charge in [0.15, 0.2) is 0 Å². The fourth-order valence-electron chi connectivity index (χ4n) is 1.59. The van der Waals surface area contributed by atoms with E-state index in [1.807, 2.05) is 31.2 Å². The van der Waals surface area contributed by atoms with Gasteiger partial charge < -0.3 is 16.2 Å². The highest BCUT2D eigenvalue weighted by Crippen LogP contribution is 2.24. The van der Waals surface area contributed by atoms with Crippen LogP contribution in [0.3, 0.4) is 0 Å². The number of aromatic hydroxyl groups is 1. The smallest absolute Gasteiger partial charge is 0.257 e. The van der Waals surface area contributed by atoms with Crippen LogP contribution in [-0.2, 0) is 0 Å². The Morgan fingerprint density at radius 1 is 1.17 bits per heavy atom. The van der Waals surface area contributed by atoms with Crippen LogP contribution in [0.1, 0.15) is 15.9 Å². The van der Waals surface area contributed by atoms with Crippen LogP contribution in [0.2, 0.25) is 0 Å². The molecule has 1 amide bonds. The van der Waals surface area contributed by atoms with E-state index in [0.29, 0.717) is 5.69 Å². The van der Waals surface area contributed by atoms with E-state index in [-0.39, 0.29) is 22.9 Å². The molecule has 2 rings (SSSR count). The second-order valence-electron chi connectivity index (χ2n) is 4.06. The Hall–Kier alpha value is -2.49. The molecular formula is C14H14N2O2. The minimum atomic E-state index is -0.341. The molecule has 4 heteroatoms. The van der Waals surface area contributed by atoms with Gasteiger partial charge in [0.2, 0.25) is 0 Å². The van der Waals surface area contributed by atoms with Gasteiger partial charge in [0.05, 0.1) is 11.3 Å². The molecule has 0 radical (unpaired) electrons. The maximum absolute atomic E-state index is 12.0. The summed E-state index contributed by atoms with van der Waals surface area (Å²) >= 11 is 0. The molecule has 0 aliphatic heterocycles. The average Bonchev–Trinajstić information content (AvgIpc) is 2.35. The first-order valence-corrected chi connectivity index (χ1v) is 5.53. The molecule has 0 spiro atoms.